The molecular weight excluding hydrogens is 431 g/mol. The van der Waals surface area contributed by atoms with Gasteiger partial charge in [0.25, 0.3) is 0 Å². The second-order valence-corrected chi connectivity index (χ2v) is 10.5. The Kier molecular flexibility index (Phi) is 6.05. The number of anilines is 1. The van der Waals surface area contributed by atoms with Gasteiger partial charge in [-0.3, -0.25) is 9.69 Å². The third-order valence-electron chi connectivity index (χ3n) is 7.78. The number of ether oxygens (including phenoxy) is 1. The largest absolute Gasteiger partial charge is 0.494 e. The molecule has 3 atom stereocenters. The minimum Gasteiger partial charge on any atom is -0.494 e. The monoisotopic (exact) mass is 463 g/mol. The Balaban J connectivity index is 1.10. The van der Waals surface area contributed by atoms with E-state index in [0.29, 0.717) is 43.4 Å². The van der Waals surface area contributed by atoms with Crippen LogP contribution in [0.1, 0.15) is 39.0 Å². The molecule has 1 amide bonds. The van der Waals surface area contributed by atoms with E-state index in [-0.39, 0.29) is 11.8 Å². The quantitative estimate of drug-likeness (QED) is 0.575. The lowest BCUT2D eigenvalue weighted by molar-refractivity contribution is -0.144. The van der Waals surface area contributed by atoms with Gasteiger partial charge in [-0.25, -0.2) is 0 Å². The van der Waals surface area contributed by atoms with E-state index in [1.165, 1.54) is 0 Å². The lowest BCUT2D eigenvalue weighted by Gasteiger charge is -2.31. The minimum absolute atomic E-state index is 0.0842. The van der Waals surface area contributed by atoms with E-state index in [2.05, 4.69) is 17.2 Å². The maximum atomic E-state index is 12.6. The summed E-state index contributed by atoms with van der Waals surface area (Å²) >= 11 is 0. The number of hydrogen-bond acceptors (Lipinski definition) is 3. The molecule has 1 aromatic carbocycles. The van der Waals surface area contributed by atoms with Crippen molar-refractivity contribution in [3.63, 3.8) is 0 Å². The highest BCUT2D eigenvalue weighted by Crippen LogP contribution is 2.43. The molecule has 1 saturated heterocycles. The second kappa shape index (κ2) is 8.85. The molecule has 0 spiro atoms. The van der Waals surface area contributed by atoms with Gasteiger partial charge in [0.15, 0.2) is 0 Å². The molecule has 2 heterocycles. The van der Waals surface area contributed by atoms with E-state index in [1.807, 2.05) is 24.4 Å². The molecule has 1 aromatic heterocycles. The average Bonchev–Trinajstić information content (AvgIpc) is 3.37. The predicted octanol–water partition coefficient (Wildman–Crippen LogP) is 5.44. The molecular formula is C25H32F3N3O2. The van der Waals surface area contributed by atoms with Crippen molar-refractivity contribution in [1.29, 1.82) is 0 Å². The number of rotatable bonds is 7. The van der Waals surface area contributed by atoms with Crippen LogP contribution >= 0.6 is 0 Å². The normalized spacial score (nSPS) is 29.8. The van der Waals surface area contributed by atoms with Crippen molar-refractivity contribution >= 4 is 22.5 Å². The maximum absolute atomic E-state index is 12.6. The Morgan fingerprint density at radius 2 is 1.91 bits per heavy atom. The predicted molar refractivity (Wildman–Crippen MR) is 121 cm³/mol. The van der Waals surface area contributed by atoms with Crippen molar-refractivity contribution in [2.24, 2.45) is 29.6 Å². The highest BCUT2D eigenvalue weighted by Gasteiger charge is 2.43. The number of aromatic amines is 1. The first kappa shape index (κ1) is 22.6. The molecule has 33 heavy (non-hydrogen) atoms. The maximum Gasteiger partial charge on any atom is 0.401 e. The number of nitrogens with one attached hydrogen (secondary N) is 2. The Bertz CT molecular complexity index is 984. The molecule has 2 N–H and O–H groups in total. The van der Waals surface area contributed by atoms with Gasteiger partial charge >= 0.3 is 6.18 Å². The van der Waals surface area contributed by atoms with Crippen LogP contribution in [0.5, 0.6) is 5.75 Å². The zero-order valence-corrected chi connectivity index (χ0v) is 19.0. The number of H-pyrrole nitrogens is 1. The summed E-state index contributed by atoms with van der Waals surface area (Å²) in [4.78, 5) is 17.2. The molecule has 3 fully saturated rings. The molecule has 180 valence electrons. The fourth-order valence-electron chi connectivity index (χ4n) is 6.13. The van der Waals surface area contributed by atoms with Crippen molar-refractivity contribution in [1.82, 2.24) is 9.88 Å². The van der Waals surface area contributed by atoms with Crippen molar-refractivity contribution in [2.45, 2.75) is 45.2 Å². The minimum atomic E-state index is -4.11. The number of halogens is 3. The van der Waals surface area contributed by atoms with Crippen LogP contribution in [0, 0.1) is 29.6 Å². The number of carbonyl (C=O) groups excluding carboxylic acids is 1. The summed E-state index contributed by atoms with van der Waals surface area (Å²) in [6.07, 6.45) is 2.53. The lowest BCUT2D eigenvalue weighted by atomic mass is 9.75. The van der Waals surface area contributed by atoms with Crippen molar-refractivity contribution in [3.8, 4) is 5.75 Å². The standard InChI is InChI=1S/C25H32F3N3O2/c1-15-6-17(7-15)24(32)30-23-11-29-22-3-2-20(10-21(22)23)33-5-4-16-8-18-12-31(13-19(18)9-16)14-25(26,27)28/h2-3,10-11,15-19,29H,4-9,12-14H2,1H3,(H,30,32)/t15-,16-,17-,18-,19+. The van der Waals surface area contributed by atoms with E-state index in [9.17, 15) is 18.0 Å². The summed E-state index contributed by atoms with van der Waals surface area (Å²) < 4.78 is 43.9. The third kappa shape index (κ3) is 5.15. The van der Waals surface area contributed by atoms with E-state index in [0.717, 1.165) is 54.4 Å². The van der Waals surface area contributed by atoms with E-state index < -0.39 is 12.7 Å². The van der Waals surface area contributed by atoms with Gasteiger partial charge in [-0.1, -0.05) is 6.92 Å². The highest BCUT2D eigenvalue weighted by molar-refractivity contribution is 6.03. The summed E-state index contributed by atoms with van der Waals surface area (Å²) in [6.45, 7) is 3.12. The van der Waals surface area contributed by atoms with Gasteiger partial charge in [-0.2, -0.15) is 13.2 Å². The smallest absolute Gasteiger partial charge is 0.401 e. The summed E-state index contributed by atoms with van der Waals surface area (Å²) in [7, 11) is 0. The van der Waals surface area contributed by atoms with Crippen molar-refractivity contribution < 1.29 is 22.7 Å². The number of hydrogen-bond donors (Lipinski definition) is 2. The molecule has 5 nitrogen and oxygen atoms in total. The first-order valence-electron chi connectivity index (χ1n) is 12.1. The van der Waals surface area contributed by atoms with E-state index in [4.69, 9.17) is 4.74 Å². The van der Waals surface area contributed by atoms with Gasteiger partial charge in [0.2, 0.25) is 5.91 Å². The Hall–Kier alpha value is -2.22. The zero-order chi connectivity index (χ0) is 23.2. The Morgan fingerprint density at radius 1 is 1.18 bits per heavy atom. The molecule has 3 aliphatic rings. The number of nitrogens with zero attached hydrogens (tertiary/aromatic N) is 1. The number of aromatic nitrogens is 1. The number of benzene rings is 1. The van der Waals surface area contributed by atoms with Crippen LogP contribution in [0.25, 0.3) is 10.9 Å². The van der Waals surface area contributed by atoms with Gasteiger partial charge in [-0.05, 0) is 74.0 Å². The van der Waals surface area contributed by atoms with E-state index in [1.54, 1.807) is 4.90 Å². The van der Waals surface area contributed by atoms with Crippen LogP contribution in [0.15, 0.2) is 24.4 Å². The van der Waals surface area contributed by atoms with Crippen molar-refractivity contribution in [3.05, 3.63) is 24.4 Å². The highest BCUT2D eigenvalue weighted by atomic mass is 19.4. The zero-order valence-electron chi connectivity index (χ0n) is 19.0. The van der Waals surface area contributed by atoms with Crippen LogP contribution in [-0.4, -0.2) is 48.2 Å². The second-order valence-electron chi connectivity index (χ2n) is 10.5. The number of likely N-dealkylation sites (tertiary alicyclic amines) is 1. The number of fused-ring (bicyclic) bond motifs is 2. The SMILES string of the molecule is C[C@H]1C[C@H](C(=O)Nc2c[nH]c3ccc(OCC[C@@H]4C[C@@H]5CN(CC(F)(F)F)C[C@@H]5C4)cc23)C1. The number of alkyl halides is 3. The fourth-order valence-corrected chi connectivity index (χ4v) is 6.13. The van der Waals surface area contributed by atoms with Gasteiger partial charge in [0.1, 0.15) is 5.75 Å². The molecule has 0 bridgehead atoms. The Morgan fingerprint density at radius 3 is 2.58 bits per heavy atom. The van der Waals surface area contributed by atoms with Gasteiger partial charge in [-0.15, -0.1) is 0 Å². The van der Waals surface area contributed by atoms with Crippen LogP contribution < -0.4 is 10.1 Å². The lowest BCUT2D eigenvalue weighted by Crippen LogP contribution is -2.33. The molecule has 2 aliphatic carbocycles. The summed E-state index contributed by atoms with van der Waals surface area (Å²) in [5.41, 5.74) is 1.73. The molecule has 0 radical (unpaired) electrons. The van der Waals surface area contributed by atoms with Crippen LogP contribution in [0.3, 0.4) is 0 Å². The first-order valence-corrected chi connectivity index (χ1v) is 12.1. The van der Waals surface area contributed by atoms with Crippen LogP contribution in [-0.2, 0) is 4.79 Å². The molecule has 8 heteroatoms. The summed E-state index contributed by atoms with van der Waals surface area (Å²) in [5, 5.41) is 3.99. The summed E-state index contributed by atoms with van der Waals surface area (Å²) in [5.74, 6) is 2.88. The fraction of sp³-hybridized carbons (Fsp3) is 0.640. The molecule has 0 unspecified atom stereocenters. The molecule has 2 saturated carbocycles. The number of amides is 1. The molecule has 1 aliphatic heterocycles. The van der Waals surface area contributed by atoms with Gasteiger partial charge < -0.3 is 15.0 Å². The molecule has 5 rings (SSSR count). The summed E-state index contributed by atoms with van der Waals surface area (Å²) in [6, 6.07) is 5.85. The third-order valence-corrected chi connectivity index (χ3v) is 7.78. The van der Waals surface area contributed by atoms with Crippen molar-refractivity contribution in [2.75, 3.05) is 31.6 Å². The van der Waals surface area contributed by atoms with Gasteiger partial charge in [0, 0.05) is 36.1 Å². The van der Waals surface area contributed by atoms with Crippen LogP contribution in [0.4, 0.5) is 18.9 Å². The number of carbonyl (C=O) groups is 1. The van der Waals surface area contributed by atoms with Gasteiger partial charge in [0.05, 0.1) is 18.8 Å². The topological polar surface area (TPSA) is 57.4 Å². The van der Waals surface area contributed by atoms with E-state index >= 15 is 0 Å². The van der Waals surface area contributed by atoms with Crippen LogP contribution in [0.2, 0.25) is 0 Å². The average molecular weight is 464 g/mol. The Labute approximate surface area is 192 Å². The first-order chi connectivity index (χ1) is 15.7. The molecule has 2 aromatic rings.